The monoisotopic (exact) mass is 240 g/mol. The van der Waals surface area contributed by atoms with Gasteiger partial charge in [-0.3, -0.25) is 0 Å². The molecule has 0 fully saturated rings. The van der Waals surface area contributed by atoms with Gasteiger partial charge in [-0.15, -0.1) is 0 Å². The first-order valence-electron chi connectivity index (χ1n) is 5.56. The quantitative estimate of drug-likeness (QED) is 0.798. The van der Waals surface area contributed by atoms with Gasteiger partial charge in [0.15, 0.2) is 17.8 Å². The Balaban J connectivity index is 2.02. The highest BCUT2D eigenvalue weighted by Gasteiger charge is 2.20. The fraction of sp³-hybridized carbons (Fsp3) is 0.500. The average Bonchev–Trinajstić information content (AvgIpc) is 2.77. The zero-order valence-electron chi connectivity index (χ0n) is 9.93. The van der Waals surface area contributed by atoms with Crippen LogP contribution in [0.1, 0.15) is 19.4 Å². The van der Waals surface area contributed by atoms with Gasteiger partial charge in [-0.25, -0.2) is 0 Å². The van der Waals surface area contributed by atoms with Crippen LogP contribution in [0.4, 0.5) is 0 Å². The van der Waals surface area contributed by atoms with E-state index in [4.69, 9.17) is 18.9 Å². The second-order valence-corrected chi connectivity index (χ2v) is 3.64. The van der Waals surface area contributed by atoms with Crippen molar-refractivity contribution >= 4 is 0 Å². The molecule has 1 N–H and O–H groups in total. The first kappa shape index (κ1) is 12.0. The zero-order valence-corrected chi connectivity index (χ0v) is 9.93. The lowest BCUT2D eigenvalue weighted by molar-refractivity contribution is -0.134. The van der Waals surface area contributed by atoms with Gasteiger partial charge in [0.2, 0.25) is 12.5 Å². The van der Waals surface area contributed by atoms with E-state index in [0.29, 0.717) is 23.7 Å². The molecule has 1 heterocycles. The molecule has 1 aliphatic heterocycles. The summed E-state index contributed by atoms with van der Waals surface area (Å²) in [6, 6.07) is 3.51. The Bertz CT molecular complexity index is 391. The summed E-state index contributed by atoms with van der Waals surface area (Å²) in [6.45, 7) is 4.71. The standard InChI is InChI=1S/C12H16O5/c1-3-14-8(2)15-6-9-4-5-10-12(11(9)13)17-7-16-10/h4-5,8,13H,3,6-7H2,1-2H3. The molecule has 0 aliphatic carbocycles. The van der Waals surface area contributed by atoms with Gasteiger partial charge in [-0.05, 0) is 26.0 Å². The lowest BCUT2D eigenvalue weighted by Gasteiger charge is -2.13. The molecule has 0 amide bonds. The van der Waals surface area contributed by atoms with Crippen molar-refractivity contribution in [2.24, 2.45) is 0 Å². The molecular formula is C12H16O5. The van der Waals surface area contributed by atoms with E-state index in [1.807, 2.05) is 13.8 Å². The van der Waals surface area contributed by atoms with E-state index in [0.717, 1.165) is 0 Å². The fourth-order valence-electron chi connectivity index (χ4n) is 1.60. The van der Waals surface area contributed by atoms with Gasteiger partial charge in [0.05, 0.1) is 6.61 Å². The second kappa shape index (κ2) is 5.25. The summed E-state index contributed by atoms with van der Waals surface area (Å²) in [4.78, 5) is 0. The van der Waals surface area contributed by atoms with E-state index >= 15 is 0 Å². The number of rotatable bonds is 5. The number of fused-ring (bicyclic) bond motifs is 1. The highest BCUT2D eigenvalue weighted by molar-refractivity contribution is 5.55. The van der Waals surface area contributed by atoms with Crippen molar-refractivity contribution in [1.29, 1.82) is 0 Å². The minimum absolute atomic E-state index is 0.0729. The Labute approximate surface area is 99.9 Å². The van der Waals surface area contributed by atoms with Crippen LogP contribution in [0.2, 0.25) is 0 Å². The Morgan fingerprint density at radius 2 is 2.18 bits per heavy atom. The van der Waals surface area contributed by atoms with Crippen LogP contribution in [0.15, 0.2) is 12.1 Å². The molecule has 5 heteroatoms. The van der Waals surface area contributed by atoms with Crippen LogP contribution in [-0.4, -0.2) is 24.8 Å². The average molecular weight is 240 g/mol. The van der Waals surface area contributed by atoms with Gasteiger partial charge >= 0.3 is 0 Å². The van der Waals surface area contributed by atoms with Gasteiger partial charge in [-0.1, -0.05) is 0 Å². The zero-order chi connectivity index (χ0) is 12.3. The van der Waals surface area contributed by atoms with Crippen molar-refractivity contribution in [3.63, 3.8) is 0 Å². The van der Waals surface area contributed by atoms with Crippen molar-refractivity contribution in [2.45, 2.75) is 26.7 Å². The maximum atomic E-state index is 9.93. The Kier molecular flexibility index (Phi) is 3.71. The smallest absolute Gasteiger partial charge is 0.231 e. The third-order valence-corrected chi connectivity index (χ3v) is 2.47. The summed E-state index contributed by atoms with van der Waals surface area (Å²) in [6.07, 6.45) is -0.301. The van der Waals surface area contributed by atoms with Crippen molar-refractivity contribution in [3.05, 3.63) is 17.7 Å². The Hall–Kier alpha value is -1.46. The summed E-state index contributed by atoms with van der Waals surface area (Å²) >= 11 is 0. The minimum atomic E-state index is -0.301. The van der Waals surface area contributed by atoms with Crippen LogP contribution in [0.5, 0.6) is 17.2 Å². The summed E-state index contributed by atoms with van der Waals surface area (Å²) in [5, 5.41) is 9.93. The fourth-order valence-corrected chi connectivity index (χ4v) is 1.60. The molecule has 0 spiro atoms. The molecule has 1 aromatic carbocycles. The number of phenolic OH excluding ortho intramolecular Hbond substituents is 1. The summed E-state index contributed by atoms with van der Waals surface area (Å²) in [5.74, 6) is 1.02. The first-order valence-corrected chi connectivity index (χ1v) is 5.56. The van der Waals surface area contributed by atoms with Crippen LogP contribution in [0, 0.1) is 0 Å². The van der Waals surface area contributed by atoms with Crippen molar-refractivity contribution in [1.82, 2.24) is 0 Å². The molecule has 1 atom stereocenters. The predicted molar refractivity (Wildman–Crippen MR) is 60.1 cm³/mol. The molecule has 5 nitrogen and oxygen atoms in total. The molecule has 1 aromatic rings. The Morgan fingerprint density at radius 3 is 2.94 bits per heavy atom. The topological polar surface area (TPSA) is 57.2 Å². The molecule has 0 aromatic heterocycles. The van der Waals surface area contributed by atoms with Gasteiger partial charge in [0, 0.05) is 12.2 Å². The van der Waals surface area contributed by atoms with Crippen molar-refractivity contribution in [3.8, 4) is 17.2 Å². The number of ether oxygens (including phenoxy) is 4. The molecule has 94 valence electrons. The number of hydrogen-bond acceptors (Lipinski definition) is 5. The molecule has 0 bridgehead atoms. The molecule has 17 heavy (non-hydrogen) atoms. The summed E-state index contributed by atoms with van der Waals surface area (Å²) in [7, 11) is 0. The number of hydrogen-bond donors (Lipinski definition) is 1. The molecule has 2 rings (SSSR count). The predicted octanol–water partition coefficient (Wildman–Crippen LogP) is 2.02. The maximum Gasteiger partial charge on any atom is 0.231 e. The molecule has 0 saturated heterocycles. The van der Waals surface area contributed by atoms with Gasteiger partial charge in [0.25, 0.3) is 0 Å². The van der Waals surface area contributed by atoms with Crippen LogP contribution in [0.3, 0.4) is 0 Å². The number of benzene rings is 1. The van der Waals surface area contributed by atoms with E-state index in [-0.39, 0.29) is 25.4 Å². The van der Waals surface area contributed by atoms with Crippen molar-refractivity contribution < 1.29 is 24.1 Å². The SMILES string of the molecule is CCOC(C)OCc1ccc2c(c1O)OCO2. The lowest BCUT2D eigenvalue weighted by Crippen LogP contribution is -2.12. The maximum absolute atomic E-state index is 9.93. The largest absolute Gasteiger partial charge is 0.504 e. The summed E-state index contributed by atoms with van der Waals surface area (Å²) < 4.78 is 21.0. The highest BCUT2D eigenvalue weighted by Crippen LogP contribution is 2.42. The third-order valence-electron chi connectivity index (χ3n) is 2.47. The minimum Gasteiger partial charge on any atom is -0.504 e. The van der Waals surface area contributed by atoms with Crippen LogP contribution in [0.25, 0.3) is 0 Å². The molecular weight excluding hydrogens is 224 g/mol. The van der Waals surface area contributed by atoms with Crippen molar-refractivity contribution in [2.75, 3.05) is 13.4 Å². The van der Waals surface area contributed by atoms with E-state index in [9.17, 15) is 5.11 Å². The van der Waals surface area contributed by atoms with E-state index in [1.54, 1.807) is 12.1 Å². The van der Waals surface area contributed by atoms with Crippen LogP contribution < -0.4 is 9.47 Å². The van der Waals surface area contributed by atoms with Gasteiger partial charge in [-0.2, -0.15) is 0 Å². The van der Waals surface area contributed by atoms with Crippen LogP contribution >= 0.6 is 0 Å². The summed E-state index contributed by atoms with van der Waals surface area (Å²) in [5.41, 5.74) is 0.654. The second-order valence-electron chi connectivity index (χ2n) is 3.64. The molecule has 0 radical (unpaired) electrons. The van der Waals surface area contributed by atoms with E-state index < -0.39 is 0 Å². The molecule has 1 aliphatic rings. The third kappa shape index (κ3) is 2.62. The molecule has 1 unspecified atom stereocenters. The number of phenols is 1. The highest BCUT2D eigenvalue weighted by atomic mass is 16.7. The van der Waals surface area contributed by atoms with E-state index in [2.05, 4.69) is 0 Å². The van der Waals surface area contributed by atoms with Crippen LogP contribution in [-0.2, 0) is 16.1 Å². The van der Waals surface area contributed by atoms with E-state index in [1.165, 1.54) is 0 Å². The first-order chi connectivity index (χ1) is 8.22. The van der Waals surface area contributed by atoms with Gasteiger partial charge in [0.1, 0.15) is 0 Å². The Morgan fingerprint density at radius 1 is 1.35 bits per heavy atom. The van der Waals surface area contributed by atoms with Gasteiger partial charge < -0.3 is 24.1 Å². The molecule has 0 saturated carbocycles. The normalized spacial score (nSPS) is 14.9. The number of aromatic hydroxyl groups is 1. The lowest BCUT2D eigenvalue weighted by atomic mass is 10.2.